The van der Waals surface area contributed by atoms with Gasteiger partial charge in [-0.2, -0.15) is 5.26 Å². The van der Waals surface area contributed by atoms with Crippen LogP contribution >= 0.6 is 0 Å². The minimum Gasteiger partial charge on any atom is -0.335 e. The van der Waals surface area contributed by atoms with E-state index in [2.05, 4.69) is 4.98 Å². The lowest BCUT2D eigenvalue weighted by atomic mass is 9.91. The van der Waals surface area contributed by atoms with Crippen molar-refractivity contribution in [2.75, 3.05) is 11.4 Å². The highest BCUT2D eigenvalue weighted by atomic mass is 16.2. The second-order valence-electron chi connectivity index (χ2n) is 9.02. The highest BCUT2D eigenvalue weighted by Crippen LogP contribution is 2.43. The van der Waals surface area contributed by atoms with Gasteiger partial charge in [-0.15, -0.1) is 0 Å². The van der Waals surface area contributed by atoms with Crippen molar-refractivity contribution < 1.29 is 14.4 Å². The van der Waals surface area contributed by atoms with E-state index < -0.39 is 6.04 Å². The molecule has 3 aliphatic rings. The Morgan fingerprint density at radius 3 is 2.68 bits per heavy atom. The summed E-state index contributed by atoms with van der Waals surface area (Å²) in [7, 11) is 0. The molecule has 8 heteroatoms. The first-order valence-electron chi connectivity index (χ1n) is 9.45. The lowest BCUT2D eigenvalue weighted by Gasteiger charge is -2.36. The standard InChI is InChI=1S/C20H23N5O3/c1-11-5-12(9-22-14(11)8-21)25-18(27)17-15-6-13(24(17)19(25)28)10-23(15)16(26)7-20(2,3)4/h5,9,13,15,17H,6-7,10H2,1-4H3/t13-,15?,17-/m1/s1. The normalized spacial score (nSPS) is 26.1. The maximum atomic E-state index is 13.1. The average Bonchev–Trinajstić information content (AvgIpc) is 3.25. The van der Waals surface area contributed by atoms with Crippen LogP contribution in [0, 0.1) is 23.7 Å². The number of nitriles is 1. The molecule has 2 bridgehead atoms. The Morgan fingerprint density at radius 2 is 2.07 bits per heavy atom. The zero-order valence-corrected chi connectivity index (χ0v) is 16.5. The Hall–Kier alpha value is -2.95. The molecule has 8 nitrogen and oxygen atoms in total. The largest absolute Gasteiger partial charge is 0.335 e. The number of anilines is 1. The number of carbonyl (C=O) groups is 3. The quantitative estimate of drug-likeness (QED) is 0.728. The first kappa shape index (κ1) is 18.4. The molecule has 0 spiro atoms. The van der Waals surface area contributed by atoms with E-state index in [9.17, 15) is 14.4 Å². The van der Waals surface area contributed by atoms with Gasteiger partial charge in [0.1, 0.15) is 17.8 Å². The second kappa shape index (κ2) is 6.03. The van der Waals surface area contributed by atoms with Gasteiger partial charge < -0.3 is 9.80 Å². The number of piperazine rings is 1. The van der Waals surface area contributed by atoms with E-state index in [4.69, 9.17) is 5.26 Å². The van der Waals surface area contributed by atoms with Crippen LogP contribution in [-0.2, 0) is 9.59 Å². The summed E-state index contributed by atoms with van der Waals surface area (Å²) in [4.78, 5) is 47.5. The predicted molar refractivity (Wildman–Crippen MR) is 100 cm³/mol. The fraction of sp³-hybridized carbons (Fsp3) is 0.550. The molecule has 0 N–H and O–H groups in total. The summed E-state index contributed by atoms with van der Waals surface area (Å²) in [6.45, 7) is 8.23. The fourth-order valence-corrected chi connectivity index (χ4v) is 4.54. The molecule has 3 saturated heterocycles. The van der Waals surface area contributed by atoms with Crippen LogP contribution in [0.1, 0.15) is 44.9 Å². The Kier molecular flexibility index (Phi) is 3.96. The molecule has 1 aromatic heterocycles. The van der Waals surface area contributed by atoms with Crippen molar-refractivity contribution in [2.24, 2.45) is 5.41 Å². The monoisotopic (exact) mass is 381 g/mol. The van der Waals surface area contributed by atoms with Crippen molar-refractivity contribution in [2.45, 2.75) is 58.7 Å². The van der Waals surface area contributed by atoms with Crippen LogP contribution in [0.5, 0.6) is 0 Å². The van der Waals surface area contributed by atoms with Crippen LogP contribution in [-0.4, -0.2) is 57.3 Å². The number of urea groups is 1. The molecule has 4 amide bonds. The lowest BCUT2D eigenvalue weighted by Crippen LogP contribution is -2.55. The molecule has 3 aliphatic heterocycles. The van der Waals surface area contributed by atoms with E-state index in [-0.39, 0.29) is 41.0 Å². The maximum absolute atomic E-state index is 13.1. The van der Waals surface area contributed by atoms with E-state index in [0.29, 0.717) is 30.6 Å². The van der Waals surface area contributed by atoms with Gasteiger partial charge in [0.05, 0.1) is 24.0 Å². The number of rotatable bonds is 2. The number of hydrogen-bond donors (Lipinski definition) is 0. The summed E-state index contributed by atoms with van der Waals surface area (Å²) in [6.07, 6.45) is 2.44. The number of hydrogen-bond acceptors (Lipinski definition) is 5. The van der Waals surface area contributed by atoms with Crippen LogP contribution in [0.4, 0.5) is 10.5 Å². The van der Waals surface area contributed by atoms with Gasteiger partial charge in [0.15, 0.2) is 0 Å². The lowest BCUT2D eigenvalue weighted by molar-refractivity contribution is -0.137. The molecule has 28 heavy (non-hydrogen) atoms. The molecular formula is C20H23N5O3. The number of fused-ring (bicyclic) bond motifs is 5. The number of carbonyl (C=O) groups excluding carboxylic acids is 3. The van der Waals surface area contributed by atoms with Crippen LogP contribution in [0.25, 0.3) is 0 Å². The van der Waals surface area contributed by atoms with Gasteiger partial charge in [-0.05, 0) is 30.4 Å². The van der Waals surface area contributed by atoms with Gasteiger partial charge in [-0.3, -0.25) is 9.59 Å². The van der Waals surface area contributed by atoms with Crippen molar-refractivity contribution >= 4 is 23.5 Å². The highest BCUT2D eigenvalue weighted by molar-refractivity contribution is 6.22. The summed E-state index contributed by atoms with van der Waals surface area (Å²) < 4.78 is 0. The Balaban J connectivity index is 1.61. The molecule has 1 aromatic rings. The maximum Gasteiger partial charge on any atom is 0.332 e. The van der Waals surface area contributed by atoms with E-state index in [0.717, 1.165) is 4.90 Å². The number of aryl methyl sites for hydroxylation is 1. The van der Waals surface area contributed by atoms with Crippen molar-refractivity contribution in [3.05, 3.63) is 23.5 Å². The van der Waals surface area contributed by atoms with Gasteiger partial charge >= 0.3 is 6.03 Å². The van der Waals surface area contributed by atoms with E-state index in [1.807, 2.05) is 26.8 Å². The molecule has 0 aliphatic carbocycles. The van der Waals surface area contributed by atoms with Crippen LogP contribution in [0.3, 0.4) is 0 Å². The number of aromatic nitrogens is 1. The Morgan fingerprint density at radius 1 is 1.36 bits per heavy atom. The first-order valence-corrected chi connectivity index (χ1v) is 9.45. The zero-order chi connectivity index (χ0) is 20.4. The van der Waals surface area contributed by atoms with Gasteiger partial charge in [-0.1, -0.05) is 20.8 Å². The number of nitrogens with zero attached hydrogens (tertiary/aromatic N) is 5. The van der Waals surface area contributed by atoms with E-state index >= 15 is 0 Å². The summed E-state index contributed by atoms with van der Waals surface area (Å²) in [6, 6.07) is 2.22. The van der Waals surface area contributed by atoms with E-state index in [1.165, 1.54) is 6.20 Å². The zero-order valence-electron chi connectivity index (χ0n) is 16.5. The summed E-state index contributed by atoms with van der Waals surface area (Å²) >= 11 is 0. The highest BCUT2D eigenvalue weighted by Gasteiger charge is 2.62. The van der Waals surface area contributed by atoms with Gasteiger partial charge in [0.25, 0.3) is 5.91 Å². The predicted octanol–water partition coefficient (Wildman–Crippen LogP) is 1.82. The smallest absolute Gasteiger partial charge is 0.332 e. The number of imide groups is 1. The molecule has 3 fully saturated rings. The SMILES string of the molecule is Cc1cc(N2C(=O)[C@H]3C4C[C@H](CN4C(=O)CC(C)(C)C)N3C2=O)cnc1C#N. The topological polar surface area (TPSA) is 97.6 Å². The minimum absolute atomic E-state index is 0.0363. The van der Waals surface area contributed by atoms with Crippen molar-refractivity contribution in [3.8, 4) is 6.07 Å². The molecule has 4 rings (SSSR count). The number of pyridine rings is 1. The van der Waals surface area contributed by atoms with Crippen LogP contribution in [0.15, 0.2) is 12.3 Å². The third-order valence-corrected chi connectivity index (χ3v) is 5.69. The third kappa shape index (κ3) is 2.65. The molecule has 0 aromatic carbocycles. The summed E-state index contributed by atoms with van der Waals surface area (Å²) in [5, 5.41) is 9.04. The second-order valence-corrected chi connectivity index (χ2v) is 9.02. The molecule has 146 valence electrons. The fourth-order valence-electron chi connectivity index (χ4n) is 4.54. The van der Waals surface area contributed by atoms with Gasteiger partial charge in [0.2, 0.25) is 5.91 Å². The molecule has 1 unspecified atom stereocenters. The molecular weight excluding hydrogens is 358 g/mol. The number of amides is 4. The summed E-state index contributed by atoms with van der Waals surface area (Å²) in [5.74, 6) is -0.286. The van der Waals surface area contributed by atoms with Gasteiger partial charge in [-0.25, -0.2) is 14.7 Å². The van der Waals surface area contributed by atoms with Gasteiger partial charge in [0, 0.05) is 13.0 Å². The Labute approximate surface area is 163 Å². The molecule has 3 atom stereocenters. The molecule has 4 heterocycles. The van der Waals surface area contributed by atoms with Crippen LogP contribution in [0.2, 0.25) is 0 Å². The van der Waals surface area contributed by atoms with Crippen molar-refractivity contribution in [1.82, 2.24) is 14.8 Å². The Bertz CT molecular complexity index is 929. The van der Waals surface area contributed by atoms with E-state index in [1.54, 1.807) is 22.8 Å². The third-order valence-electron chi connectivity index (χ3n) is 5.69. The number of likely N-dealkylation sites (tertiary alicyclic amines) is 1. The van der Waals surface area contributed by atoms with Crippen molar-refractivity contribution in [1.29, 1.82) is 5.26 Å². The molecule has 0 saturated carbocycles. The first-order chi connectivity index (χ1) is 13.1. The summed E-state index contributed by atoms with van der Waals surface area (Å²) in [5.41, 5.74) is 1.11. The molecule has 0 radical (unpaired) electrons. The van der Waals surface area contributed by atoms with Crippen molar-refractivity contribution in [3.63, 3.8) is 0 Å². The van der Waals surface area contributed by atoms with Crippen LogP contribution < -0.4 is 4.90 Å². The minimum atomic E-state index is -0.633. The average molecular weight is 381 g/mol.